The van der Waals surface area contributed by atoms with E-state index >= 15 is 0 Å². The number of amides is 4. The first kappa shape index (κ1) is 24.0. The molecule has 1 aromatic rings. The Hall–Kier alpha value is -3.29. The number of ether oxygens (including phenoxy) is 1. The number of halogens is 3. The lowest BCUT2D eigenvalue weighted by atomic mass is 10.0. The maximum Gasteiger partial charge on any atom is 0.417 e. The zero-order valence-electron chi connectivity index (χ0n) is 17.8. The summed E-state index contributed by atoms with van der Waals surface area (Å²) in [5.74, 6) is -0.729. The molecular formula is C20H23F3N4O4. The summed E-state index contributed by atoms with van der Waals surface area (Å²) in [5.41, 5.74) is -4.23. The maximum absolute atomic E-state index is 13.3. The normalized spacial score (nSPS) is 16.4. The van der Waals surface area contributed by atoms with Crippen LogP contribution in [0.1, 0.15) is 45.7 Å². The highest BCUT2D eigenvalue weighted by Gasteiger charge is 2.52. The van der Waals surface area contributed by atoms with E-state index in [1.807, 2.05) is 0 Å². The molecule has 0 bridgehead atoms. The average molecular weight is 440 g/mol. The van der Waals surface area contributed by atoms with Crippen LogP contribution in [0.4, 0.5) is 28.4 Å². The summed E-state index contributed by atoms with van der Waals surface area (Å²) in [6, 6.07) is 3.25. The number of hydrogen-bond acceptors (Lipinski definition) is 5. The molecule has 0 atom stereocenters. The molecule has 1 aliphatic heterocycles. The van der Waals surface area contributed by atoms with Gasteiger partial charge in [0.25, 0.3) is 5.91 Å². The smallest absolute Gasteiger partial charge is 0.417 e. The SMILES string of the molecule is CC(C)(C)OC(=O)NCCN1C(=O)N(c2ccc(C#N)c(C(F)(F)F)c2)C(=O)C1(C)C. The van der Waals surface area contributed by atoms with Crippen molar-refractivity contribution in [3.05, 3.63) is 29.3 Å². The van der Waals surface area contributed by atoms with E-state index in [0.29, 0.717) is 11.0 Å². The van der Waals surface area contributed by atoms with Crippen molar-refractivity contribution in [3.8, 4) is 6.07 Å². The van der Waals surface area contributed by atoms with Gasteiger partial charge in [-0.3, -0.25) is 4.79 Å². The van der Waals surface area contributed by atoms with Gasteiger partial charge in [0, 0.05) is 13.1 Å². The molecule has 1 fully saturated rings. The number of carbonyl (C=O) groups is 3. The molecule has 1 heterocycles. The van der Waals surface area contributed by atoms with E-state index in [9.17, 15) is 27.6 Å². The molecule has 1 aromatic carbocycles. The molecule has 11 heteroatoms. The van der Waals surface area contributed by atoms with E-state index < -0.39 is 46.5 Å². The van der Waals surface area contributed by atoms with Gasteiger partial charge in [-0.05, 0) is 52.8 Å². The summed E-state index contributed by atoms with van der Waals surface area (Å²) < 4.78 is 44.9. The highest BCUT2D eigenvalue weighted by molar-refractivity contribution is 6.23. The van der Waals surface area contributed by atoms with E-state index in [0.717, 1.165) is 17.0 Å². The molecule has 8 nitrogen and oxygen atoms in total. The maximum atomic E-state index is 13.3. The third-order valence-corrected chi connectivity index (χ3v) is 4.51. The summed E-state index contributed by atoms with van der Waals surface area (Å²) >= 11 is 0. The number of benzene rings is 1. The van der Waals surface area contributed by atoms with Crippen molar-refractivity contribution >= 4 is 23.7 Å². The van der Waals surface area contributed by atoms with Crippen LogP contribution in [0.5, 0.6) is 0 Å². The Kier molecular flexibility index (Phi) is 6.26. The lowest BCUT2D eigenvalue weighted by Gasteiger charge is -2.28. The van der Waals surface area contributed by atoms with Crippen LogP contribution in [0.3, 0.4) is 0 Å². The Morgan fingerprint density at radius 1 is 1.23 bits per heavy atom. The molecule has 0 saturated carbocycles. The van der Waals surface area contributed by atoms with Crippen LogP contribution in [0.2, 0.25) is 0 Å². The molecular weight excluding hydrogens is 417 g/mol. The quantitative estimate of drug-likeness (QED) is 0.720. The van der Waals surface area contributed by atoms with Crippen molar-refractivity contribution in [2.75, 3.05) is 18.0 Å². The van der Waals surface area contributed by atoms with Gasteiger partial charge in [0.15, 0.2) is 0 Å². The molecule has 1 aliphatic rings. The first-order valence-electron chi connectivity index (χ1n) is 9.34. The van der Waals surface area contributed by atoms with E-state index in [1.54, 1.807) is 20.8 Å². The minimum Gasteiger partial charge on any atom is -0.444 e. The highest BCUT2D eigenvalue weighted by atomic mass is 19.4. The number of nitriles is 1. The molecule has 0 radical (unpaired) electrons. The first-order valence-corrected chi connectivity index (χ1v) is 9.34. The molecule has 1 saturated heterocycles. The number of rotatable bonds is 4. The minimum absolute atomic E-state index is 0.0353. The topological polar surface area (TPSA) is 103 Å². The Bertz CT molecular complexity index is 945. The zero-order valence-corrected chi connectivity index (χ0v) is 17.8. The number of anilines is 1. The Balaban J connectivity index is 2.25. The molecule has 0 aromatic heterocycles. The lowest BCUT2D eigenvalue weighted by Crippen LogP contribution is -2.47. The molecule has 4 amide bonds. The molecule has 0 spiro atoms. The van der Waals surface area contributed by atoms with Crippen molar-refractivity contribution in [2.24, 2.45) is 0 Å². The number of urea groups is 1. The fraction of sp³-hybridized carbons (Fsp3) is 0.500. The standard InChI is InChI=1S/C20H23F3N4O4/c1-18(2,3)31-16(29)25-8-9-26-17(30)27(15(28)19(26,4)5)13-7-6-12(11-24)14(10-13)20(21,22)23/h6-7,10H,8-9H2,1-5H3,(H,25,29). The van der Waals surface area contributed by atoms with Crippen molar-refractivity contribution in [3.63, 3.8) is 0 Å². The molecule has 1 N–H and O–H groups in total. The van der Waals surface area contributed by atoms with Crippen LogP contribution in [-0.4, -0.2) is 47.2 Å². The van der Waals surface area contributed by atoms with Gasteiger partial charge < -0.3 is 15.0 Å². The predicted octanol–water partition coefficient (Wildman–Crippen LogP) is 3.65. The molecule has 31 heavy (non-hydrogen) atoms. The average Bonchev–Trinajstić information content (AvgIpc) is 2.78. The van der Waals surface area contributed by atoms with Gasteiger partial charge in [0.1, 0.15) is 11.1 Å². The first-order chi connectivity index (χ1) is 14.1. The van der Waals surface area contributed by atoms with Gasteiger partial charge in [-0.25, -0.2) is 14.5 Å². The van der Waals surface area contributed by atoms with Gasteiger partial charge in [-0.15, -0.1) is 0 Å². The third-order valence-electron chi connectivity index (χ3n) is 4.51. The fourth-order valence-electron chi connectivity index (χ4n) is 3.03. The van der Waals surface area contributed by atoms with Gasteiger partial charge in [0.05, 0.1) is 22.9 Å². The molecule has 0 unspecified atom stereocenters. The van der Waals surface area contributed by atoms with E-state index in [4.69, 9.17) is 10.00 Å². The Labute approximate surface area is 177 Å². The second-order valence-electron chi connectivity index (χ2n) is 8.40. The van der Waals surface area contributed by atoms with E-state index in [-0.39, 0.29) is 18.8 Å². The van der Waals surface area contributed by atoms with Crippen LogP contribution in [0, 0.1) is 11.3 Å². The fourth-order valence-corrected chi connectivity index (χ4v) is 3.03. The monoisotopic (exact) mass is 440 g/mol. The number of imide groups is 1. The van der Waals surface area contributed by atoms with Gasteiger partial charge >= 0.3 is 18.3 Å². The van der Waals surface area contributed by atoms with E-state index in [2.05, 4.69) is 5.32 Å². The molecule has 0 aliphatic carbocycles. The summed E-state index contributed by atoms with van der Waals surface area (Å²) in [5, 5.41) is 11.4. The third kappa shape index (κ3) is 5.07. The van der Waals surface area contributed by atoms with Crippen LogP contribution in [0.15, 0.2) is 18.2 Å². The van der Waals surface area contributed by atoms with Gasteiger partial charge in [0.2, 0.25) is 0 Å². The Morgan fingerprint density at radius 2 is 1.84 bits per heavy atom. The van der Waals surface area contributed by atoms with Gasteiger partial charge in [-0.2, -0.15) is 18.4 Å². The van der Waals surface area contributed by atoms with Crippen molar-refractivity contribution in [2.45, 2.75) is 51.9 Å². The number of alkyl halides is 3. The second-order valence-corrected chi connectivity index (χ2v) is 8.40. The van der Waals surface area contributed by atoms with Crippen LogP contribution in [0.25, 0.3) is 0 Å². The number of carbonyl (C=O) groups excluding carboxylic acids is 3. The Morgan fingerprint density at radius 3 is 2.35 bits per heavy atom. The summed E-state index contributed by atoms with van der Waals surface area (Å²) in [6.07, 6.45) is -5.54. The number of nitrogens with one attached hydrogen (secondary N) is 1. The van der Waals surface area contributed by atoms with Crippen LogP contribution >= 0.6 is 0 Å². The summed E-state index contributed by atoms with van der Waals surface area (Å²) in [6.45, 7) is 7.85. The molecule has 168 valence electrons. The predicted molar refractivity (Wildman–Crippen MR) is 104 cm³/mol. The minimum atomic E-state index is -4.83. The summed E-state index contributed by atoms with van der Waals surface area (Å²) in [4.78, 5) is 39.3. The lowest BCUT2D eigenvalue weighted by molar-refractivity contribution is -0.137. The molecule has 2 rings (SSSR count). The number of nitrogens with zero attached hydrogens (tertiary/aromatic N) is 3. The number of alkyl carbamates (subject to hydrolysis) is 1. The second kappa shape index (κ2) is 8.09. The van der Waals surface area contributed by atoms with Crippen molar-refractivity contribution < 1.29 is 32.3 Å². The zero-order chi connectivity index (χ0) is 23.8. The van der Waals surface area contributed by atoms with Crippen LogP contribution < -0.4 is 10.2 Å². The number of hydrogen-bond donors (Lipinski definition) is 1. The van der Waals surface area contributed by atoms with Gasteiger partial charge in [-0.1, -0.05) is 0 Å². The van der Waals surface area contributed by atoms with Crippen molar-refractivity contribution in [1.29, 1.82) is 5.26 Å². The highest BCUT2D eigenvalue weighted by Crippen LogP contribution is 2.37. The van der Waals surface area contributed by atoms with Crippen LogP contribution in [-0.2, 0) is 15.7 Å². The largest absolute Gasteiger partial charge is 0.444 e. The van der Waals surface area contributed by atoms with E-state index in [1.165, 1.54) is 19.9 Å². The van der Waals surface area contributed by atoms with Crippen molar-refractivity contribution in [1.82, 2.24) is 10.2 Å². The summed E-state index contributed by atoms with van der Waals surface area (Å²) in [7, 11) is 0.